The highest BCUT2D eigenvalue weighted by Gasteiger charge is 2.26. The summed E-state index contributed by atoms with van der Waals surface area (Å²) in [5, 5.41) is 26.3. The van der Waals surface area contributed by atoms with Crippen LogP contribution < -0.4 is 0 Å². The summed E-state index contributed by atoms with van der Waals surface area (Å²) in [5.74, 6) is -0.0859. The second kappa shape index (κ2) is 6.72. The molecule has 3 rings (SSSR count). The molecule has 3 N–H and O–H groups in total. The number of hydrogen-bond acceptors (Lipinski definition) is 6. The molecule has 1 aromatic rings. The van der Waals surface area contributed by atoms with E-state index in [0.29, 0.717) is 17.8 Å². The molecule has 0 saturated carbocycles. The Balaban J connectivity index is 0.000000141. The Morgan fingerprint density at radius 3 is 2.11 bits per heavy atom. The second-order valence-corrected chi connectivity index (χ2v) is 4.42. The third kappa shape index (κ3) is 5.44. The molecular formula is C13H18O6. The molecule has 0 amide bonds. The topological polar surface area (TPSA) is 95.0 Å². The zero-order valence-electron chi connectivity index (χ0n) is 10.5. The third-order valence-electron chi connectivity index (χ3n) is 2.65. The maximum Gasteiger partial charge on any atom is 0.124 e. The lowest BCUT2D eigenvalue weighted by molar-refractivity contribution is 0.102. The fourth-order valence-electron chi connectivity index (χ4n) is 1.35. The smallest absolute Gasteiger partial charge is 0.124 e. The molecule has 6 nitrogen and oxygen atoms in total. The Morgan fingerprint density at radius 1 is 1.11 bits per heavy atom. The van der Waals surface area contributed by atoms with E-state index in [1.165, 1.54) is 18.2 Å². The second-order valence-electron chi connectivity index (χ2n) is 4.42. The van der Waals surface area contributed by atoms with E-state index >= 15 is 0 Å². The third-order valence-corrected chi connectivity index (χ3v) is 2.65. The number of aromatic hydroxyl groups is 2. The number of rotatable bonds is 5. The van der Waals surface area contributed by atoms with Gasteiger partial charge in [-0.05, 0) is 12.1 Å². The Hall–Kier alpha value is -1.34. The summed E-state index contributed by atoms with van der Waals surface area (Å²) in [5.41, 5.74) is 0.415. The first kappa shape index (κ1) is 14.1. The van der Waals surface area contributed by atoms with Crippen molar-refractivity contribution in [3.8, 4) is 11.5 Å². The van der Waals surface area contributed by atoms with E-state index in [-0.39, 0.29) is 18.1 Å². The van der Waals surface area contributed by atoms with E-state index in [1.807, 2.05) is 0 Å². The molecule has 2 atom stereocenters. The molecule has 2 unspecified atom stereocenters. The van der Waals surface area contributed by atoms with Gasteiger partial charge in [0, 0.05) is 11.6 Å². The van der Waals surface area contributed by atoms with Crippen LogP contribution in [-0.2, 0) is 20.8 Å². The number of aliphatic hydroxyl groups excluding tert-OH is 1. The van der Waals surface area contributed by atoms with Gasteiger partial charge < -0.3 is 29.5 Å². The Morgan fingerprint density at radius 2 is 1.68 bits per heavy atom. The minimum absolute atomic E-state index is 0.00491. The number of phenolic OH excluding ortho intramolecular Hbond substituents is 1. The van der Waals surface area contributed by atoms with Crippen LogP contribution in [0.15, 0.2) is 18.2 Å². The van der Waals surface area contributed by atoms with Gasteiger partial charge in [-0.25, -0.2) is 0 Å². The summed E-state index contributed by atoms with van der Waals surface area (Å²) in [7, 11) is 0. The Labute approximate surface area is 111 Å². The standard InChI is InChI=1S/C7H8O3.C6H10O3/c8-4-5-1-2-6(9)3-7(5)10;1(5-3-8-5)7-2-6-4-9-6/h1-3,8-10H,4H2;5-6H,1-4H2. The van der Waals surface area contributed by atoms with Gasteiger partial charge in [-0.1, -0.05) is 0 Å². The highest BCUT2D eigenvalue weighted by Crippen LogP contribution is 2.21. The van der Waals surface area contributed by atoms with Crippen LogP contribution >= 0.6 is 0 Å². The first-order valence-corrected chi connectivity index (χ1v) is 6.11. The normalized spacial score (nSPS) is 23.4. The summed E-state index contributed by atoms with van der Waals surface area (Å²) in [6.45, 7) is 3.04. The molecule has 106 valence electrons. The molecule has 1 aromatic carbocycles. The van der Waals surface area contributed by atoms with Crippen LogP contribution in [0.5, 0.6) is 11.5 Å². The van der Waals surface area contributed by atoms with Crippen LogP contribution in [0, 0.1) is 0 Å². The van der Waals surface area contributed by atoms with Gasteiger partial charge in [0.05, 0.1) is 33.0 Å². The van der Waals surface area contributed by atoms with Crippen molar-refractivity contribution in [1.82, 2.24) is 0 Å². The van der Waals surface area contributed by atoms with E-state index < -0.39 is 0 Å². The van der Waals surface area contributed by atoms with Gasteiger partial charge in [0.25, 0.3) is 0 Å². The van der Waals surface area contributed by atoms with E-state index in [4.69, 9.17) is 29.5 Å². The summed E-state index contributed by atoms with van der Waals surface area (Å²) in [6.07, 6.45) is 0.785. The van der Waals surface area contributed by atoms with E-state index in [0.717, 1.165) is 26.4 Å². The summed E-state index contributed by atoms with van der Waals surface area (Å²) in [6, 6.07) is 4.06. The molecule has 0 bridgehead atoms. The van der Waals surface area contributed by atoms with Crippen LogP contribution in [0.1, 0.15) is 5.56 Å². The van der Waals surface area contributed by atoms with Crippen molar-refractivity contribution in [3.63, 3.8) is 0 Å². The summed E-state index contributed by atoms with van der Waals surface area (Å²) < 4.78 is 15.1. The van der Waals surface area contributed by atoms with Crippen molar-refractivity contribution in [2.24, 2.45) is 0 Å². The Bertz CT molecular complexity index is 388. The van der Waals surface area contributed by atoms with Crippen molar-refractivity contribution >= 4 is 0 Å². The van der Waals surface area contributed by atoms with Crippen molar-refractivity contribution in [1.29, 1.82) is 0 Å². The van der Waals surface area contributed by atoms with Crippen LogP contribution in [0.4, 0.5) is 0 Å². The lowest BCUT2D eigenvalue weighted by Gasteiger charge is -1.99. The van der Waals surface area contributed by atoms with Gasteiger partial charge in [-0.2, -0.15) is 0 Å². The summed E-state index contributed by atoms with van der Waals surface area (Å²) in [4.78, 5) is 0. The molecular weight excluding hydrogens is 252 g/mol. The quantitative estimate of drug-likeness (QED) is 0.670. The van der Waals surface area contributed by atoms with E-state index in [1.54, 1.807) is 0 Å². The SMILES string of the molecule is C(OCC1CO1)C1CO1.OCc1ccc(O)cc1O. The number of aliphatic hydroxyl groups is 1. The van der Waals surface area contributed by atoms with Crippen molar-refractivity contribution in [2.75, 3.05) is 26.4 Å². The predicted octanol–water partition coefficient (Wildman–Crippen LogP) is 0.391. The fourth-order valence-corrected chi connectivity index (χ4v) is 1.35. The number of phenols is 2. The van der Waals surface area contributed by atoms with Crippen molar-refractivity contribution in [3.05, 3.63) is 23.8 Å². The molecule has 2 aliphatic rings. The molecule has 2 heterocycles. The first-order valence-electron chi connectivity index (χ1n) is 6.11. The lowest BCUT2D eigenvalue weighted by Crippen LogP contribution is -2.06. The maximum atomic E-state index is 8.97. The average Bonchev–Trinajstić information content (AvgIpc) is 3.25. The number of epoxide rings is 2. The minimum Gasteiger partial charge on any atom is -0.508 e. The molecule has 2 saturated heterocycles. The number of benzene rings is 1. The van der Waals surface area contributed by atoms with E-state index in [2.05, 4.69) is 0 Å². The number of hydrogen-bond donors (Lipinski definition) is 3. The van der Waals surface area contributed by atoms with Crippen LogP contribution in [0.2, 0.25) is 0 Å². The van der Waals surface area contributed by atoms with Gasteiger partial charge in [-0.15, -0.1) is 0 Å². The average molecular weight is 270 g/mol. The van der Waals surface area contributed by atoms with Crippen LogP contribution in [0.25, 0.3) is 0 Å². The zero-order valence-corrected chi connectivity index (χ0v) is 10.5. The van der Waals surface area contributed by atoms with Gasteiger partial charge in [0.2, 0.25) is 0 Å². The van der Waals surface area contributed by atoms with Gasteiger partial charge in [0.15, 0.2) is 0 Å². The molecule has 6 heteroatoms. The lowest BCUT2D eigenvalue weighted by atomic mass is 10.2. The maximum absolute atomic E-state index is 8.97. The largest absolute Gasteiger partial charge is 0.508 e. The number of ether oxygens (including phenoxy) is 3. The minimum atomic E-state index is -0.216. The molecule has 0 aromatic heterocycles. The molecule has 2 fully saturated rings. The highest BCUT2D eigenvalue weighted by molar-refractivity contribution is 5.38. The molecule has 0 spiro atoms. The Kier molecular flexibility index (Phi) is 4.98. The molecule has 2 aliphatic heterocycles. The molecule has 19 heavy (non-hydrogen) atoms. The van der Waals surface area contributed by atoms with Crippen LogP contribution in [-0.4, -0.2) is 54.0 Å². The monoisotopic (exact) mass is 270 g/mol. The fraction of sp³-hybridized carbons (Fsp3) is 0.538. The van der Waals surface area contributed by atoms with Crippen molar-refractivity contribution in [2.45, 2.75) is 18.8 Å². The van der Waals surface area contributed by atoms with Crippen LogP contribution in [0.3, 0.4) is 0 Å². The van der Waals surface area contributed by atoms with Gasteiger partial charge in [0.1, 0.15) is 23.7 Å². The van der Waals surface area contributed by atoms with Gasteiger partial charge in [-0.3, -0.25) is 0 Å². The van der Waals surface area contributed by atoms with Gasteiger partial charge >= 0.3 is 0 Å². The molecule has 0 radical (unpaired) electrons. The highest BCUT2D eigenvalue weighted by atomic mass is 16.6. The molecule has 0 aliphatic carbocycles. The van der Waals surface area contributed by atoms with Crippen molar-refractivity contribution < 1.29 is 29.5 Å². The zero-order chi connectivity index (χ0) is 13.7. The first-order chi connectivity index (χ1) is 9.19. The summed E-state index contributed by atoms with van der Waals surface area (Å²) >= 11 is 0. The van der Waals surface area contributed by atoms with E-state index in [9.17, 15) is 0 Å². The predicted molar refractivity (Wildman–Crippen MR) is 66.0 cm³/mol.